The standard InChI is InChI=1S/C20H35N5O2S.HI/c1-17(2)24(4)28(26,27)19-10-8-18(9-11-19)16-23-20(21-3)22-12-15-25-13-6-5-7-14-25;/h8-11,17H,5-7,12-16H2,1-4H3,(H2,21,22,23);1H. The van der Waals surface area contributed by atoms with E-state index in [4.69, 9.17) is 0 Å². The monoisotopic (exact) mass is 537 g/mol. The quantitative estimate of drug-likeness (QED) is 0.303. The lowest BCUT2D eigenvalue weighted by Crippen LogP contribution is -2.42. The minimum Gasteiger partial charge on any atom is -0.355 e. The Kier molecular flexibility index (Phi) is 11.4. The molecule has 0 saturated carbocycles. The first-order valence-electron chi connectivity index (χ1n) is 10.1. The van der Waals surface area contributed by atoms with Gasteiger partial charge in [0.25, 0.3) is 0 Å². The first-order chi connectivity index (χ1) is 13.3. The fraction of sp³-hybridized carbons (Fsp3) is 0.650. The van der Waals surface area contributed by atoms with Gasteiger partial charge in [-0.25, -0.2) is 8.42 Å². The van der Waals surface area contributed by atoms with E-state index in [1.165, 1.54) is 36.7 Å². The Labute approximate surface area is 193 Å². The van der Waals surface area contributed by atoms with Crippen molar-refractivity contribution in [2.75, 3.05) is 40.3 Å². The van der Waals surface area contributed by atoms with Crippen molar-refractivity contribution in [3.63, 3.8) is 0 Å². The van der Waals surface area contributed by atoms with Crippen LogP contribution in [0, 0.1) is 0 Å². The van der Waals surface area contributed by atoms with Crippen LogP contribution in [-0.4, -0.2) is 69.9 Å². The number of sulfonamides is 1. The minimum atomic E-state index is -3.44. The Morgan fingerprint density at radius 2 is 1.76 bits per heavy atom. The number of nitrogens with one attached hydrogen (secondary N) is 2. The molecule has 0 unspecified atom stereocenters. The third-order valence-electron chi connectivity index (χ3n) is 5.18. The molecule has 1 aromatic rings. The van der Waals surface area contributed by atoms with Gasteiger partial charge in [-0.1, -0.05) is 18.6 Å². The third kappa shape index (κ3) is 8.03. The van der Waals surface area contributed by atoms with E-state index in [2.05, 4.69) is 20.5 Å². The van der Waals surface area contributed by atoms with E-state index in [9.17, 15) is 8.42 Å². The lowest BCUT2D eigenvalue weighted by atomic mass is 10.1. The Morgan fingerprint density at radius 1 is 1.14 bits per heavy atom. The first kappa shape index (κ1) is 26.1. The smallest absolute Gasteiger partial charge is 0.243 e. The van der Waals surface area contributed by atoms with Crippen LogP contribution in [0.4, 0.5) is 0 Å². The summed E-state index contributed by atoms with van der Waals surface area (Å²) in [7, 11) is -0.0778. The molecule has 9 heteroatoms. The lowest BCUT2D eigenvalue weighted by Gasteiger charge is -2.26. The molecule has 0 aliphatic carbocycles. The Balaban J connectivity index is 0.00000420. The van der Waals surface area contributed by atoms with Crippen molar-refractivity contribution in [1.29, 1.82) is 0 Å². The number of hydrogen-bond donors (Lipinski definition) is 2. The zero-order valence-electron chi connectivity index (χ0n) is 18.0. The molecule has 1 heterocycles. The zero-order chi connectivity index (χ0) is 20.6. The van der Waals surface area contributed by atoms with Crippen LogP contribution >= 0.6 is 24.0 Å². The molecule has 0 atom stereocenters. The third-order valence-corrected chi connectivity index (χ3v) is 7.23. The average Bonchev–Trinajstić information content (AvgIpc) is 2.71. The topological polar surface area (TPSA) is 77.0 Å². The van der Waals surface area contributed by atoms with Crippen molar-refractivity contribution in [1.82, 2.24) is 19.8 Å². The van der Waals surface area contributed by atoms with Crippen LogP contribution in [0.5, 0.6) is 0 Å². The highest BCUT2D eigenvalue weighted by Gasteiger charge is 2.22. The van der Waals surface area contributed by atoms with E-state index >= 15 is 0 Å². The number of nitrogens with zero attached hydrogens (tertiary/aromatic N) is 3. The van der Waals surface area contributed by atoms with Gasteiger partial charge in [0.15, 0.2) is 5.96 Å². The van der Waals surface area contributed by atoms with E-state index < -0.39 is 10.0 Å². The summed E-state index contributed by atoms with van der Waals surface area (Å²) in [6.07, 6.45) is 3.94. The molecule has 1 saturated heterocycles. The summed E-state index contributed by atoms with van der Waals surface area (Å²) in [6, 6.07) is 6.94. The van der Waals surface area contributed by atoms with E-state index in [1.807, 2.05) is 26.0 Å². The summed E-state index contributed by atoms with van der Waals surface area (Å²) in [5, 5.41) is 6.63. The van der Waals surface area contributed by atoms with Crippen LogP contribution in [0.1, 0.15) is 38.7 Å². The fourth-order valence-corrected chi connectivity index (χ4v) is 4.51. The number of rotatable bonds is 8. The number of halogens is 1. The highest BCUT2D eigenvalue weighted by Crippen LogP contribution is 2.17. The molecule has 1 aromatic carbocycles. The number of likely N-dealkylation sites (tertiary alicyclic amines) is 1. The van der Waals surface area contributed by atoms with Crippen LogP contribution in [0.15, 0.2) is 34.2 Å². The zero-order valence-corrected chi connectivity index (χ0v) is 21.2. The van der Waals surface area contributed by atoms with Gasteiger partial charge in [-0.2, -0.15) is 4.31 Å². The van der Waals surface area contributed by atoms with Gasteiger partial charge < -0.3 is 15.5 Å². The number of aliphatic imine (C=N–C) groups is 1. The van der Waals surface area contributed by atoms with Crippen LogP contribution in [-0.2, 0) is 16.6 Å². The van der Waals surface area contributed by atoms with E-state index in [0.29, 0.717) is 11.4 Å². The summed E-state index contributed by atoms with van der Waals surface area (Å²) in [6.45, 7) is 8.57. The van der Waals surface area contributed by atoms with Gasteiger partial charge >= 0.3 is 0 Å². The molecule has 0 aromatic heterocycles. The largest absolute Gasteiger partial charge is 0.355 e. The lowest BCUT2D eigenvalue weighted by molar-refractivity contribution is 0.232. The van der Waals surface area contributed by atoms with E-state index in [1.54, 1.807) is 26.2 Å². The Bertz CT molecular complexity index is 732. The molecule has 0 spiro atoms. The van der Waals surface area contributed by atoms with E-state index in [0.717, 1.165) is 24.6 Å². The highest BCUT2D eigenvalue weighted by molar-refractivity contribution is 14.0. The van der Waals surface area contributed by atoms with Crippen molar-refractivity contribution in [3.05, 3.63) is 29.8 Å². The molecule has 1 aliphatic rings. The van der Waals surface area contributed by atoms with Crippen molar-refractivity contribution >= 4 is 40.0 Å². The van der Waals surface area contributed by atoms with Gasteiger partial charge in [0.2, 0.25) is 10.0 Å². The number of guanidine groups is 1. The molecule has 2 rings (SSSR count). The molecule has 7 nitrogen and oxygen atoms in total. The summed E-state index contributed by atoms with van der Waals surface area (Å²) < 4.78 is 26.4. The Hall–Kier alpha value is -0.910. The molecule has 1 fully saturated rings. The van der Waals surface area contributed by atoms with Crippen molar-refractivity contribution in [3.8, 4) is 0 Å². The number of hydrogen-bond acceptors (Lipinski definition) is 4. The maximum atomic E-state index is 12.5. The van der Waals surface area contributed by atoms with Crippen LogP contribution in [0.25, 0.3) is 0 Å². The second kappa shape index (κ2) is 12.7. The summed E-state index contributed by atoms with van der Waals surface area (Å²) in [4.78, 5) is 7.06. The van der Waals surface area contributed by atoms with Gasteiger partial charge in [-0.05, 0) is 57.5 Å². The van der Waals surface area contributed by atoms with Gasteiger partial charge in [0, 0.05) is 39.8 Å². The van der Waals surface area contributed by atoms with Gasteiger partial charge in [0.05, 0.1) is 4.90 Å². The normalized spacial score (nSPS) is 16.0. The second-order valence-electron chi connectivity index (χ2n) is 7.51. The maximum Gasteiger partial charge on any atom is 0.243 e. The summed E-state index contributed by atoms with van der Waals surface area (Å²) in [5.74, 6) is 0.758. The molecule has 1 aliphatic heterocycles. The van der Waals surface area contributed by atoms with Crippen LogP contribution in [0.2, 0.25) is 0 Å². The SMILES string of the molecule is CN=C(NCCN1CCCCC1)NCc1ccc(S(=O)(=O)N(C)C(C)C)cc1.I. The fourth-order valence-electron chi connectivity index (χ4n) is 3.14. The predicted molar refractivity (Wildman–Crippen MR) is 130 cm³/mol. The predicted octanol–water partition coefficient (Wildman–Crippen LogP) is 2.48. The van der Waals surface area contributed by atoms with Crippen LogP contribution in [0.3, 0.4) is 0 Å². The number of piperidine rings is 1. The molecule has 29 heavy (non-hydrogen) atoms. The van der Waals surface area contributed by atoms with E-state index in [-0.39, 0.29) is 30.0 Å². The van der Waals surface area contributed by atoms with Crippen LogP contribution < -0.4 is 10.6 Å². The first-order valence-corrected chi connectivity index (χ1v) is 11.5. The molecule has 166 valence electrons. The van der Waals surface area contributed by atoms with Gasteiger partial charge in [-0.3, -0.25) is 4.99 Å². The molecule has 0 bridgehead atoms. The molecular formula is C20H36IN5O2S. The van der Waals surface area contributed by atoms with Gasteiger partial charge in [0.1, 0.15) is 0 Å². The van der Waals surface area contributed by atoms with Crippen molar-refractivity contribution in [2.24, 2.45) is 4.99 Å². The molecular weight excluding hydrogens is 501 g/mol. The van der Waals surface area contributed by atoms with Crippen molar-refractivity contribution in [2.45, 2.75) is 50.6 Å². The summed E-state index contributed by atoms with van der Waals surface area (Å²) >= 11 is 0. The highest BCUT2D eigenvalue weighted by atomic mass is 127. The van der Waals surface area contributed by atoms with Gasteiger partial charge in [-0.15, -0.1) is 24.0 Å². The number of benzene rings is 1. The average molecular weight is 538 g/mol. The molecule has 2 N–H and O–H groups in total. The molecule has 0 amide bonds. The second-order valence-corrected chi connectivity index (χ2v) is 9.51. The maximum absolute atomic E-state index is 12.5. The Morgan fingerprint density at radius 3 is 2.31 bits per heavy atom. The van der Waals surface area contributed by atoms with Crippen molar-refractivity contribution < 1.29 is 8.42 Å². The summed E-state index contributed by atoms with van der Waals surface area (Å²) in [5.41, 5.74) is 1.00. The molecule has 0 radical (unpaired) electrons. The minimum absolute atomic E-state index is 0.